The molecule has 2 rings (SSSR count). The van der Waals surface area contributed by atoms with E-state index in [2.05, 4.69) is 57.9 Å². The second-order valence-electron chi connectivity index (χ2n) is 6.57. The molecule has 1 unspecified atom stereocenters. The van der Waals surface area contributed by atoms with E-state index in [-0.39, 0.29) is 24.0 Å². The van der Waals surface area contributed by atoms with E-state index in [0.717, 1.165) is 22.2 Å². The lowest BCUT2D eigenvalue weighted by Gasteiger charge is -2.38. The van der Waals surface area contributed by atoms with Crippen molar-refractivity contribution < 1.29 is 28.5 Å². The van der Waals surface area contributed by atoms with E-state index >= 15 is 0 Å². The molecular formula is C15H27IN3+. The predicted molar refractivity (Wildman–Crippen MR) is 78.3 cm³/mol. The van der Waals surface area contributed by atoms with E-state index < -0.39 is 0 Å². The molecule has 108 valence electrons. The summed E-state index contributed by atoms with van der Waals surface area (Å²) in [5.74, 6) is 0. The summed E-state index contributed by atoms with van der Waals surface area (Å²) in [7, 11) is 9.02. The molecule has 19 heavy (non-hydrogen) atoms. The predicted octanol–water partition coefficient (Wildman–Crippen LogP) is -1.22. The van der Waals surface area contributed by atoms with Crippen LogP contribution in [0, 0.1) is 0 Å². The Kier molecular flexibility index (Phi) is 5.79. The monoisotopic (exact) mass is 376 g/mol. The Morgan fingerprint density at radius 3 is 2.58 bits per heavy atom. The Labute approximate surface area is 134 Å². The van der Waals surface area contributed by atoms with Gasteiger partial charge in [-0.3, -0.25) is 0 Å². The third-order valence-corrected chi connectivity index (χ3v) is 3.82. The van der Waals surface area contributed by atoms with Crippen LogP contribution in [-0.4, -0.2) is 52.3 Å². The van der Waals surface area contributed by atoms with Crippen LogP contribution in [0.4, 0.5) is 5.69 Å². The van der Waals surface area contributed by atoms with Gasteiger partial charge in [-0.1, -0.05) is 18.2 Å². The molecule has 0 aliphatic carbocycles. The van der Waals surface area contributed by atoms with Crippen LogP contribution in [-0.2, 0) is 6.42 Å². The summed E-state index contributed by atoms with van der Waals surface area (Å²) >= 11 is 0. The Morgan fingerprint density at radius 2 is 1.89 bits per heavy atom. The fraction of sp³-hybridized carbons (Fsp3) is 0.600. The van der Waals surface area contributed by atoms with Gasteiger partial charge in [-0.05, 0) is 6.42 Å². The number of likely N-dealkylation sites (N-methyl/N-ethyl adjacent to an activating group) is 1. The minimum absolute atomic E-state index is 0. The first-order valence-electron chi connectivity index (χ1n) is 6.90. The molecule has 1 aliphatic heterocycles. The van der Waals surface area contributed by atoms with Crippen molar-refractivity contribution in [2.45, 2.75) is 12.8 Å². The smallest absolute Gasteiger partial charge is 0.155 e. The number of hydrogen-bond acceptors (Lipinski definition) is 1. The maximum absolute atomic E-state index is 3.73. The van der Waals surface area contributed by atoms with Gasteiger partial charge in [0.05, 0.1) is 41.3 Å². The van der Waals surface area contributed by atoms with Crippen molar-refractivity contribution in [2.75, 3.05) is 47.8 Å². The van der Waals surface area contributed by atoms with Crippen LogP contribution in [0.5, 0.6) is 0 Å². The number of hydrogen-bond donors (Lipinski definition) is 1. The molecule has 0 radical (unpaired) electrons. The second-order valence-corrected chi connectivity index (χ2v) is 6.57. The minimum atomic E-state index is 0. The standard InChI is InChI=1S/C15H27N3.HI/c1-17(2,3)13-11-16-18(4)12-7-9-14-8-5-6-10-15(14)18;/h5-6,8,10,16H,7,9,11-13H2,1-4H3;1H/q+2;/p-1. The normalized spacial score (nSPS) is 22.5. The summed E-state index contributed by atoms with van der Waals surface area (Å²) in [6.45, 7) is 3.39. The third-order valence-electron chi connectivity index (χ3n) is 3.82. The molecule has 1 aliphatic rings. The highest BCUT2D eigenvalue weighted by Crippen LogP contribution is 2.29. The average molecular weight is 376 g/mol. The molecule has 3 nitrogen and oxygen atoms in total. The van der Waals surface area contributed by atoms with Crippen molar-refractivity contribution in [1.29, 1.82) is 0 Å². The highest BCUT2D eigenvalue weighted by Gasteiger charge is 2.31. The number of halogens is 1. The van der Waals surface area contributed by atoms with Crippen molar-refractivity contribution >= 4 is 5.69 Å². The molecule has 4 heteroatoms. The van der Waals surface area contributed by atoms with E-state index in [1.54, 1.807) is 0 Å². The van der Waals surface area contributed by atoms with Gasteiger partial charge in [0.15, 0.2) is 5.69 Å². The third kappa shape index (κ3) is 4.41. The van der Waals surface area contributed by atoms with Crippen molar-refractivity contribution in [2.24, 2.45) is 0 Å². The van der Waals surface area contributed by atoms with E-state index in [1.807, 2.05) is 0 Å². The molecule has 0 fully saturated rings. The first-order chi connectivity index (χ1) is 8.41. The lowest BCUT2D eigenvalue weighted by molar-refractivity contribution is -0.869. The van der Waals surface area contributed by atoms with Crippen molar-refractivity contribution in [3.05, 3.63) is 29.8 Å². The van der Waals surface area contributed by atoms with Gasteiger partial charge in [0, 0.05) is 18.1 Å². The molecule has 0 saturated heterocycles. The van der Waals surface area contributed by atoms with E-state index in [9.17, 15) is 0 Å². The van der Waals surface area contributed by atoms with Crippen LogP contribution in [0.25, 0.3) is 0 Å². The maximum Gasteiger partial charge on any atom is 0.155 e. The number of benzene rings is 1. The first kappa shape index (κ1) is 16.9. The zero-order valence-electron chi connectivity index (χ0n) is 12.6. The molecule has 0 spiro atoms. The van der Waals surface area contributed by atoms with Gasteiger partial charge >= 0.3 is 0 Å². The highest BCUT2D eigenvalue weighted by molar-refractivity contribution is 5.51. The molecule has 1 heterocycles. The first-order valence-corrected chi connectivity index (χ1v) is 6.90. The summed E-state index contributed by atoms with van der Waals surface area (Å²) < 4.78 is 1.89. The molecule has 0 bridgehead atoms. The van der Waals surface area contributed by atoms with E-state index in [4.69, 9.17) is 0 Å². The Balaban J connectivity index is 0.00000180. The van der Waals surface area contributed by atoms with Crippen molar-refractivity contribution in [3.8, 4) is 0 Å². The van der Waals surface area contributed by atoms with Crippen LogP contribution >= 0.6 is 0 Å². The number of fused-ring (bicyclic) bond motifs is 1. The number of aryl methyl sites for hydroxylation is 1. The molecule has 0 saturated carbocycles. The zero-order valence-corrected chi connectivity index (χ0v) is 14.8. The van der Waals surface area contributed by atoms with Crippen LogP contribution in [0.3, 0.4) is 0 Å². The van der Waals surface area contributed by atoms with Crippen LogP contribution in [0.1, 0.15) is 12.0 Å². The summed E-state index contributed by atoms with van der Waals surface area (Å²) in [5.41, 5.74) is 6.69. The molecular weight excluding hydrogens is 349 g/mol. The number of rotatable bonds is 4. The van der Waals surface area contributed by atoms with Gasteiger partial charge in [-0.15, -0.1) is 0 Å². The van der Waals surface area contributed by atoms with Gasteiger partial charge in [0.2, 0.25) is 0 Å². The molecule has 1 aromatic carbocycles. The number of para-hydroxylation sites is 1. The maximum atomic E-state index is 3.73. The zero-order chi connectivity index (χ0) is 13.2. The van der Waals surface area contributed by atoms with E-state index in [1.165, 1.54) is 30.6 Å². The summed E-state index contributed by atoms with van der Waals surface area (Å²) in [4.78, 5) is 0. The number of quaternary nitrogens is 2. The van der Waals surface area contributed by atoms with Crippen molar-refractivity contribution in [1.82, 2.24) is 10.0 Å². The van der Waals surface area contributed by atoms with Gasteiger partial charge in [0.1, 0.15) is 6.54 Å². The molecule has 1 N–H and O–H groups in total. The molecule has 0 aromatic heterocycles. The fourth-order valence-electron chi connectivity index (χ4n) is 2.71. The molecule has 1 aromatic rings. The lowest BCUT2D eigenvalue weighted by atomic mass is 10.0. The van der Waals surface area contributed by atoms with Gasteiger partial charge < -0.3 is 28.5 Å². The number of nitrogens with zero attached hydrogens (tertiary/aromatic N) is 2. The van der Waals surface area contributed by atoms with Gasteiger partial charge in [-0.2, -0.15) is 5.43 Å². The molecule has 1 atom stereocenters. The SMILES string of the molecule is C[N+](C)(C)CCN[N+]1(C)CCCc2ccccc21.[I-]. The summed E-state index contributed by atoms with van der Waals surface area (Å²) in [5, 5.41) is 0. The summed E-state index contributed by atoms with van der Waals surface area (Å²) in [6, 6.07) is 8.85. The summed E-state index contributed by atoms with van der Waals surface area (Å²) in [6.07, 6.45) is 2.49. The van der Waals surface area contributed by atoms with Gasteiger partial charge in [-0.25, -0.2) is 4.59 Å². The van der Waals surface area contributed by atoms with Crippen molar-refractivity contribution in [3.63, 3.8) is 0 Å². The highest BCUT2D eigenvalue weighted by atomic mass is 127. The Hall–Kier alpha value is -0.170. The Morgan fingerprint density at radius 1 is 1.21 bits per heavy atom. The minimum Gasteiger partial charge on any atom is -1.00 e. The van der Waals surface area contributed by atoms with Gasteiger partial charge in [0.25, 0.3) is 0 Å². The van der Waals surface area contributed by atoms with Crippen LogP contribution in [0.2, 0.25) is 0 Å². The topological polar surface area (TPSA) is 12.0 Å². The van der Waals surface area contributed by atoms with Crippen LogP contribution < -0.4 is 34.0 Å². The molecule has 0 amide bonds. The second kappa shape index (κ2) is 6.52. The van der Waals surface area contributed by atoms with Crippen LogP contribution in [0.15, 0.2) is 24.3 Å². The average Bonchev–Trinajstić information content (AvgIpc) is 2.28. The number of nitrogens with one attached hydrogen (secondary N) is 1. The largest absolute Gasteiger partial charge is 1.00 e. The van der Waals surface area contributed by atoms with E-state index in [0.29, 0.717) is 0 Å². The lowest BCUT2D eigenvalue weighted by Crippen LogP contribution is -3.00. The Bertz CT molecular complexity index is 414. The fourth-order valence-corrected chi connectivity index (χ4v) is 2.71. The quantitative estimate of drug-likeness (QED) is 0.514.